The molecule has 2 aromatic rings. The molecule has 244 valence electrons. The first kappa shape index (κ1) is 34.9. The number of benzene rings is 2. The Kier molecular flexibility index (Phi) is 10.7. The van der Waals surface area contributed by atoms with Crippen LogP contribution >= 0.6 is 23.2 Å². The minimum absolute atomic E-state index is 0.0262. The van der Waals surface area contributed by atoms with Crippen molar-refractivity contribution in [3.8, 4) is 0 Å². The molecule has 1 atom stereocenters. The average Bonchev–Trinajstić information content (AvgIpc) is 3.20. The highest BCUT2D eigenvalue weighted by molar-refractivity contribution is 6.47. The molecule has 2 N–H and O–H groups in total. The van der Waals surface area contributed by atoms with Crippen LogP contribution in [-0.4, -0.2) is 70.2 Å². The zero-order valence-electron chi connectivity index (χ0n) is 27.3. The molecule has 2 aliphatic rings. The third kappa shape index (κ3) is 9.08. The fourth-order valence-corrected chi connectivity index (χ4v) is 6.80. The van der Waals surface area contributed by atoms with Gasteiger partial charge in [0.2, 0.25) is 0 Å². The van der Waals surface area contributed by atoms with Gasteiger partial charge in [0.1, 0.15) is 11.4 Å². The van der Waals surface area contributed by atoms with Gasteiger partial charge in [-0.15, -0.1) is 0 Å². The first-order chi connectivity index (χ1) is 21.0. The lowest BCUT2D eigenvalue weighted by molar-refractivity contribution is -0.137. The molecule has 0 aromatic heterocycles. The number of rotatable bonds is 10. The summed E-state index contributed by atoms with van der Waals surface area (Å²) in [6, 6.07) is 12.2. The van der Waals surface area contributed by atoms with E-state index in [0.717, 1.165) is 31.6 Å². The van der Waals surface area contributed by atoms with Crippen molar-refractivity contribution < 1.29 is 19.5 Å². The van der Waals surface area contributed by atoms with Crippen molar-refractivity contribution in [2.75, 3.05) is 26.2 Å². The number of halogens is 2. The Morgan fingerprint density at radius 2 is 1.58 bits per heavy atom. The molecule has 0 radical (unpaired) electrons. The maximum Gasteiger partial charge on any atom is 0.305 e. The molecular weight excluding hydrogens is 611 g/mol. The Bertz CT molecular complexity index is 1410. The van der Waals surface area contributed by atoms with Gasteiger partial charge in [-0.3, -0.25) is 19.4 Å². The van der Waals surface area contributed by atoms with Crippen LogP contribution in [0.2, 0.25) is 10.0 Å². The van der Waals surface area contributed by atoms with Crippen LogP contribution in [0.1, 0.15) is 101 Å². The van der Waals surface area contributed by atoms with Crippen molar-refractivity contribution >= 4 is 46.7 Å². The predicted molar refractivity (Wildman–Crippen MR) is 180 cm³/mol. The van der Waals surface area contributed by atoms with E-state index in [1.165, 1.54) is 0 Å². The van der Waals surface area contributed by atoms with Crippen molar-refractivity contribution in [1.29, 1.82) is 0 Å². The number of carbonyl (C=O) groups excluding carboxylic acids is 2. The van der Waals surface area contributed by atoms with Gasteiger partial charge in [0.05, 0.1) is 12.5 Å². The second kappa shape index (κ2) is 13.8. The van der Waals surface area contributed by atoms with Crippen LogP contribution in [0.25, 0.3) is 0 Å². The monoisotopic (exact) mass is 656 g/mol. The molecule has 2 aromatic carbocycles. The standard InChI is InChI=1S/C35H46Cl2N4O4/c1-33(2,3)13-11-28(23-7-9-24(10-8-23)31(44)38-16-12-29(42)43)41-32(45)30(25-19-26(36)21-27(37)20-25)39-35(41)14-17-40(18-15-35)22-34(4,5)6/h7-10,19-21,28H,11-18,22H2,1-6H3,(H,38,44)(H,42,43). The summed E-state index contributed by atoms with van der Waals surface area (Å²) < 4.78 is 0. The third-order valence-corrected chi connectivity index (χ3v) is 8.78. The zero-order valence-corrected chi connectivity index (χ0v) is 28.8. The molecule has 0 bridgehead atoms. The highest BCUT2D eigenvalue weighted by atomic mass is 35.5. The van der Waals surface area contributed by atoms with E-state index >= 15 is 0 Å². The molecule has 1 spiro atoms. The Hall–Kier alpha value is -2.94. The zero-order chi connectivity index (χ0) is 33.2. The summed E-state index contributed by atoms with van der Waals surface area (Å²) in [5.74, 6) is -1.45. The Morgan fingerprint density at radius 3 is 2.11 bits per heavy atom. The lowest BCUT2D eigenvalue weighted by Gasteiger charge is -2.47. The lowest BCUT2D eigenvalue weighted by atomic mass is 9.84. The molecule has 1 saturated heterocycles. The van der Waals surface area contributed by atoms with Crippen LogP contribution in [0.5, 0.6) is 0 Å². The van der Waals surface area contributed by atoms with Gasteiger partial charge < -0.3 is 20.2 Å². The van der Waals surface area contributed by atoms with E-state index in [1.807, 2.05) is 17.0 Å². The van der Waals surface area contributed by atoms with Crippen LogP contribution in [0.3, 0.4) is 0 Å². The van der Waals surface area contributed by atoms with Crippen LogP contribution in [-0.2, 0) is 9.59 Å². The fourth-order valence-electron chi connectivity index (χ4n) is 6.27. The van der Waals surface area contributed by atoms with E-state index in [9.17, 15) is 14.4 Å². The second-order valence-electron chi connectivity index (χ2n) is 14.7. The van der Waals surface area contributed by atoms with E-state index in [4.69, 9.17) is 33.3 Å². The quantitative estimate of drug-likeness (QED) is 0.281. The van der Waals surface area contributed by atoms with Gasteiger partial charge in [-0.05, 0) is 59.6 Å². The highest BCUT2D eigenvalue weighted by Crippen LogP contribution is 2.45. The lowest BCUT2D eigenvalue weighted by Crippen LogP contribution is -2.55. The smallest absolute Gasteiger partial charge is 0.305 e. The summed E-state index contributed by atoms with van der Waals surface area (Å²) >= 11 is 12.8. The van der Waals surface area contributed by atoms with Gasteiger partial charge >= 0.3 is 5.97 Å². The number of carboxylic acids is 1. The molecule has 0 aliphatic carbocycles. The Labute approximate surface area is 277 Å². The molecule has 45 heavy (non-hydrogen) atoms. The van der Waals surface area contributed by atoms with E-state index in [2.05, 4.69) is 51.8 Å². The number of carbonyl (C=O) groups is 3. The van der Waals surface area contributed by atoms with Crippen molar-refractivity contribution in [2.45, 2.75) is 85.4 Å². The van der Waals surface area contributed by atoms with E-state index in [0.29, 0.717) is 46.1 Å². The number of hydrogen-bond donors (Lipinski definition) is 2. The average molecular weight is 658 g/mol. The fraction of sp³-hybridized carbons (Fsp3) is 0.543. The molecule has 8 nitrogen and oxygen atoms in total. The number of hydrogen-bond acceptors (Lipinski definition) is 5. The third-order valence-electron chi connectivity index (χ3n) is 8.34. The van der Waals surface area contributed by atoms with Gasteiger partial charge in [-0.2, -0.15) is 0 Å². The summed E-state index contributed by atoms with van der Waals surface area (Å²) in [4.78, 5) is 47.8. The van der Waals surface area contributed by atoms with Crippen molar-refractivity contribution in [3.63, 3.8) is 0 Å². The summed E-state index contributed by atoms with van der Waals surface area (Å²) in [5.41, 5.74) is 1.79. The van der Waals surface area contributed by atoms with Crippen LogP contribution < -0.4 is 5.32 Å². The maximum absolute atomic E-state index is 14.6. The van der Waals surface area contributed by atoms with Crippen molar-refractivity contribution in [1.82, 2.24) is 15.1 Å². The summed E-state index contributed by atoms with van der Waals surface area (Å²) in [7, 11) is 0. The van der Waals surface area contributed by atoms with Crippen LogP contribution in [0.15, 0.2) is 47.5 Å². The van der Waals surface area contributed by atoms with Crippen molar-refractivity contribution in [2.24, 2.45) is 15.8 Å². The first-order valence-electron chi connectivity index (χ1n) is 15.7. The normalized spacial score (nSPS) is 17.8. The molecule has 0 saturated carbocycles. The topological polar surface area (TPSA) is 102 Å². The number of aliphatic carboxylic acids is 1. The van der Waals surface area contributed by atoms with E-state index in [-0.39, 0.29) is 41.7 Å². The minimum Gasteiger partial charge on any atom is -0.481 e. The maximum atomic E-state index is 14.6. The van der Waals surface area contributed by atoms with Gasteiger partial charge in [0.15, 0.2) is 0 Å². The molecule has 4 rings (SSSR count). The molecule has 10 heteroatoms. The van der Waals surface area contributed by atoms with Crippen LogP contribution in [0.4, 0.5) is 0 Å². The predicted octanol–water partition coefficient (Wildman–Crippen LogP) is 7.24. The number of nitrogens with zero attached hydrogens (tertiary/aromatic N) is 3. The first-order valence-corrected chi connectivity index (χ1v) is 16.4. The molecular formula is C35H46Cl2N4O4. The second-order valence-corrected chi connectivity index (χ2v) is 15.6. The number of nitrogens with one attached hydrogen (secondary N) is 1. The molecule has 2 amide bonds. The van der Waals surface area contributed by atoms with E-state index in [1.54, 1.807) is 30.3 Å². The number of amides is 2. The number of likely N-dealkylation sites (tertiary alicyclic amines) is 1. The minimum atomic E-state index is -0.970. The molecule has 1 fully saturated rings. The number of piperidine rings is 1. The number of carboxylic acid groups (broad SMARTS) is 1. The SMILES string of the molecule is CC(C)(C)CCC(c1ccc(C(=O)NCCC(=O)O)cc1)N1C(=O)C(c2cc(Cl)cc(Cl)c2)=NC12CCN(CC(C)(C)C)CC2. The summed E-state index contributed by atoms with van der Waals surface area (Å²) in [6.07, 6.45) is 2.83. The molecule has 2 heterocycles. The summed E-state index contributed by atoms with van der Waals surface area (Å²) in [6.45, 7) is 15.9. The van der Waals surface area contributed by atoms with Crippen molar-refractivity contribution in [3.05, 3.63) is 69.2 Å². The largest absolute Gasteiger partial charge is 0.481 e. The Morgan fingerprint density at radius 1 is 0.978 bits per heavy atom. The Balaban J connectivity index is 1.73. The van der Waals surface area contributed by atoms with Gasteiger partial charge in [-0.1, -0.05) is 76.9 Å². The molecule has 2 aliphatic heterocycles. The highest BCUT2D eigenvalue weighted by Gasteiger charge is 2.52. The van der Waals surface area contributed by atoms with Gasteiger partial charge in [0.25, 0.3) is 11.8 Å². The number of aliphatic imine (C=N–C) groups is 1. The summed E-state index contributed by atoms with van der Waals surface area (Å²) in [5, 5.41) is 12.5. The van der Waals surface area contributed by atoms with Crippen LogP contribution in [0, 0.1) is 10.8 Å². The molecule has 1 unspecified atom stereocenters. The van der Waals surface area contributed by atoms with Gasteiger partial charge in [0, 0.05) is 60.2 Å². The van der Waals surface area contributed by atoms with Gasteiger partial charge in [-0.25, -0.2) is 0 Å². The van der Waals surface area contributed by atoms with E-state index < -0.39 is 11.6 Å².